The summed E-state index contributed by atoms with van der Waals surface area (Å²) in [6, 6.07) is 0. The highest BCUT2D eigenvalue weighted by molar-refractivity contribution is 5.82. The van der Waals surface area contributed by atoms with Crippen molar-refractivity contribution in [3.05, 3.63) is 0 Å². The highest BCUT2D eigenvalue weighted by Crippen LogP contribution is 2.41. The summed E-state index contributed by atoms with van der Waals surface area (Å²) in [4.78, 5) is 14.9. The van der Waals surface area contributed by atoms with Gasteiger partial charge in [-0.2, -0.15) is 0 Å². The molecule has 0 spiro atoms. The molecule has 2 aliphatic rings. The fraction of sp³-hybridized carbons (Fsp3) is 0.933. The van der Waals surface area contributed by atoms with Crippen molar-refractivity contribution in [2.45, 2.75) is 32.1 Å². The Labute approximate surface area is 122 Å². The lowest BCUT2D eigenvalue weighted by molar-refractivity contribution is -0.131. The minimum Gasteiger partial charge on any atom is -0.385 e. The van der Waals surface area contributed by atoms with Gasteiger partial charge in [-0.3, -0.25) is 9.69 Å². The van der Waals surface area contributed by atoms with E-state index in [4.69, 9.17) is 4.74 Å². The molecule has 0 aromatic rings. The van der Waals surface area contributed by atoms with Crippen LogP contribution in [0.25, 0.3) is 0 Å². The molecule has 1 aliphatic carbocycles. The third-order valence-electron chi connectivity index (χ3n) is 4.75. The zero-order valence-electron chi connectivity index (χ0n) is 12.7. The molecule has 1 heterocycles. The van der Waals surface area contributed by atoms with Crippen LogP contribution in [0.1, 0.15) is 32.1 Å². The van der Waals surface area contributed by atoms with Crippen LogP contribution in [0.3, 0.4) is 0 Å². The summed E-state index contributed by atoms with van der Waals surface area (Å²) < 4.78 is 5.18. The molecule has 1 amide bonds. The second kappa shape index (κ2) is 7.96. The van der Waals surface area contributed by atoms with Crippen molar-refractivity contribution in [2.24, 2.45) is 5.41 Å². The van der Waals surface area contributed by atoms with E-state index in [1.165, 1.54) is 12.8 Å². The summed E-state index contributed by atoms with van der Waals surface area (Å²) in [6.45, 7) is 6.72. The van der Waals surface area contributed by atoms with Crippen molar-refractivity contribution in [3.63, 3.8) is 0 Å². The van der Waals surface area contributed by atoms with E-state index >= 15 is 0 Å². The summed E-state index contributed by atoms with van der Waals surface area (Å²) in [5.41, 5.74) is -0.153. The van der Waals surface area contributed by atoms with Crippen LogP contribution >= 0.6 is 0 Å². The standard InChI is InChI=1S/C15H29N3O2/c1-20-13-6-15(4-2-3-5-15)14(19)17-9-12-18-10-7-16-8-11-18/h16H,2-13H2,1H3,(H,17,19). The number of piperazine rings is 1. The molecular weight excluding hydrogens is 254 g/mol. The Bertz CT molecular complexity index is 297. The minimum absolute atomic E-state index is 0.153. The summed E-state index contributed by atoms with van der Waals surface area (Å²) in [5, 5.41) is 6.51. The molecule has 0 atom stereocenters. The second-order valence-corrected chi connectivity index (χ2v) is 6.08. The number of carbonyl (C=O) groups excluding carboxylic acids is 1. The SMILES string of the molecule is COCCC1(C(=O)NCCN2CCNCC2)CCCC1. The average Bonchev–Trinajstić information content (AvgIpc) is 2.96. The number of nitrogens with zero attached hydrogens (tertiary/aromatic N) is 1. The molecule has 1 aliphatic heterocycles. The van der Waals surface area contributed by atoms with Gasteiger partial charge in [0.25, 0.3) is 0 Å². The molecule has 2 rings (SSSR count). The van der Waals surface area contributed by atoms with Crippen LogP contribution < -0.4 is 10.6 Å². The number of hydrogen-bond donors (Lipinski definition) is 2. The molecule has 0 aromatic carbocycles. The van der Waals surface area contributed by atoms with Gasteiger partial charge in [0.1, 0.15) is 0 Å². The predicted octanol–water partition coefficient (Wildman–Crippen LogP) is 0.605. The molecule has 0 aromatic heterocycles. The van der Waals surface area contributed by atoms with E-state index in [-0.39, 0.29) is 11.3 Å². The van der Waals surface area contributed by atoms with Crippen molar-refractivity contribution in [3.8, 4) is 0 Å². The van der Waals surface area contributed by atoms with Gasteiger partial charge in [-0.25, -0.2) is 0 Å². The van der Waals surface area contributed by atoms with Gasteiger partial charge in [-0.15, -0.1) is 0 Å². The maximum Gasteiger partial charge on any atom is 0.226 e. The van der Waals surface area contributed by atoms with Crippen LogP contribution in [-0.4, -0.2) is 63.8 Å². The maximum atomic E-state index is 12.5. The largest absolute Gasteiger partial charge is 0.385 e. The molecule has 20 heavy (non-hydrogen) atoms. The van der Waals surface area contributed by atoms with Gasteiger partial charge in [0.05, 0.1) is 5.41 Å². The highest BCUT2D eigenvalue weighted by atomic mass is 16.5. The Morgan fingerprint density at radius 2 is 2.00 bits per heavy atom. The summed E-state index contributed by atoms with van der Waals surface area (Å²) >= 11 is 0. The molecule has 2 fully saturated rings. The first-order valence-electron chi connectivity index (χ1n) is 7.97. The van der Waals surface area contributed by atoms with Crippen LogP contribution in [0.15, 0.2) is 0 Å². The Hall–Kier alpha value is -0.650. The van der Waals surface area contributed by atoms with Crippen LogP contribution in [0.5, 0.6) is 0 Å². The lowest BCUT2D eigenvalue weighted by Crippen LogP contribution is -2.48. The van der Waals surface area contributed by atoms with E-state index < -0.39 is 0 Å². The topological polar surface area (TPSA) is 53.6 Å². The third kappa shape index (κ3) is 4.17. The van der Waals surface area contributed by atoms with Gasteiger partial charge in [-0.05, 0) is 19.3 Å². The number of rotatable bonds is 7. The molecule has 116 valence electrons. The van der Waals surface area contributed by atoms with Crippen LogP contribution in [0.2, 0.25) is 0 Å². The number of amides is 1. The summed E-state index contributed by atoms with van der Waals surface area (Å²) in [7, 11) is 1.71. The van der Waals surface area contributed by atoms with E-state index in [0.717, 1.165) is 58.5 Å². The Balaban J connectivity index is 1.73. The molecule has 5 nitrogen and oxygen atoms in total. The molecule has 5 heteroatoms. The average molecular weight is 283 g/mol. The van der Waals surface area contributed by atoms with Crippen molar-refractivity contribution >= 4 is 5.91 Å². The lowest BCUT2D eigenvalue weighted by Gasteiger charge is -2.30. The zero-order valence-corrected chi connectivity index (χ0v) is 12.7. The van der Waals surface area contributed by atoms with Crippen LogP contribution in [0.4, 0.5) is 0 Å². The number of hydrogen-bond acceptors (Lipinski definition) is 4. The molecule has 0 radical (unpaired) electrons. The van der Waals surface area contributed by atoms with Gasteiger partial charge >= 0.3 is 0 Å². The smallest absolute Gasteiger partial charge is 0.226 e. The first-order valence-corrected chi connectivity index (χ1v) is 7.97. The Morgan fingerprint density at radius 3 is 2.65 bits per heavy atom. The molecule has 0 unspecified atom stereocenters. The first kappa shape index (κ1) is 15.7. The van der Waals surface area contributed by atoms with E-state index in [1.807, 2.05) is 0 Å². The monoisotopic (exact) mass is 283 g/mol. The quantitative estimate of drug-likeness (QED) is 0.719. The fourth-order valence-electron chi connectivity index (χ4n) is 3.39. The van der Waals surface area contributed by atoms with E-state index in [0.29, 0.717) is 6.61 Å². The number of carbonyl (C=O) groups is 1. The molecular formula is C15H29N3O2. The zero-order chi connectivity index (χ0) is 14.3. The van der Waals surface area contributed by atoms with Crippen LogP contribution in [0, 0.1) is 5.41 Å². The van der Waals surface area contributed by atoms with Gasteiger partial charge in [0.15, 0.2) is 0 Å². The van der Waals surface area contributed by atoms with Crippen molar-refractivity contribution in [1.82, 2.24) is 15.5 Å². The van der Waals surface area contributed by atoms with Gasteiger partial charge in [-0.1, -0.05) is 12.8 Å². The molecule has 1 saturated carbocycles. The Morgan fingerprint density at radius 1 is 1.30 bits per heavy atom. The molecule has 0 bridgehead atoms. The van der Waals surface area contributed by atoms with Gasteiger partial charge in [0, 0.05) is 53.0 Å². The number of nitrogens with one attached hydrogen (secondary N) is 2. The lowest BCUT2D eigenvalue weighted by atomic mass is 9.82. The van der Waals surface area contributed by atoms with Crippen molar-refractivity contribution in [2.75, 3.05) is 53.0 Å². The fourth-order valence-corrected chi connectivity index (χ4v) is 3.39. The highest BCUT2D eigenvalue weighted by Gasteiger charge is 2.40. The predicted molar refractivity (Wildman–Crippen MR) is 79.7 cm³/mol. The Kier molecular flexibility index (Phi) is 6.26. The van der Waals surface area contributed by atoms with Crippen molar-refractivity contribution < 1.29 is 9.53 Å². The minimum atomic E-state index is -0.153. The van der Waals surface area contributed by atoms with E-state index in [2.05, 4.69) is 15.5 Å². The van der Waals surface area contributed by atoms with E-state index in [1.54, 1.807) is 7.11 Å². The van der Waals surface area contributed by atoms with Crippen LogP contribution in [-0.2, 0) is 9.53 Å². The van der Waals surface area contributed by atoms with Gasteiger partial charge < -0.3 is 15.4 Å². The normalized spacial score (nSPS) is 22.9. The second-order valence-electron chi connectivity index (χ2n) is 6.08. The van der Waals surface area contributed by atoms with E-state index in [9.17, 15) is 4.79 Å². The summed E-state index contributed by atoms with van der Waals surface area (Å²) in [5.74, 6) is 0.252. The summed E-state index contributed by atoms with van der Waals surface area (Å²) in [6.07, 6.45) is 5.26. The first-order chi connectivity index (χ1) is 9.77. The molecule has 1 saturated heterocycles. The number of methoxy groups -OCH3 is 1. The number of ether oxygens (including phenoxy) is 1. The van der Waals surface area contributed by atoms with Crippen molar-refractivity contribution in [1.29, 1.82) is 0 Å². The third-order valence-corrected chi connectivity index (χ3v) is 4.75. The molecule has 2 N–H and O–H groups in total. The maximum absolute atomic E-state index is 12.5. The van der Waals surface area contributed by atoms with Gasteiger partial charge in [0.2, 0.25) is 5.91 Å².